The Morgan fingerprint density at radius 2 is 1.77 bits per heavy atom. The fraction of sp³-hybridized carbons (Fsp3) is 0.429. The smallest absolute Gasteiger partial charge is 0.471 e. The van der Waals surface area contributed by atoms with Crippen LogP contribution in [0.25, 0.3) is 0 Å². The zero-order valence-electron chi connectivity index (χ0n) is 12.0. The van der Waals surface area contributed by atoms with Crippen LogP contribution < -0.4 is 5.32 Å². The number of amides is 1. The van der Waals surface area contributed by atoms with Gasteiger partial charge in [-0.2, -0.15) is 13.2 Å². The molecule has 1 atom stereocenters. The maximum Gasteiger partial charge on any atom is 0.471 e. The van der Waals surface area contributed by atoms with Crippen LogP contribution in [-0.2, 0) is 20.7 Å². The Labute approximate surface area is 125 Å². The SMILES string of the molecule is CC(C)OC(=O)[C@H](Cc1ccc(O)cc1)NC(=O)C(F)(F)F. The van der Waals surface area contributed by atoms with Crippen molar-refractivity contribution in [1.82, 2.24) is 5.32 Å². The van der Waals surface area contributed by atoms with Crippen LogP contribution in [0.5, 0.6) is 5.75 Å². The van der Waals surface area contributed by atoms with E-state index in [0.717, 1.165) is 0 Å². The van der Waals surface area contributed by atoms with E-state index < -0.39 is 30.2 Å². The summed E-state index contributed by atoms with van der Waals surface area (Å²) in [6.45, 7) is 3.09. The van der Waals surface area contributed by atoms with E-state index in [2.05, 4.69) is 0 Å². The van der Waals surface area contributed by atoms with Crippen molar-refractivity contribution in [2.75, 3.05) is 0 Å². The first-order chi connectivity index (χ1) is 10.1. The van der Waals surface area contributed by atoms with Gasteiger partial charge in [0.05, 0.1) is 6.10 Å². The lowest BCUT2D eigenvalue weighted by atomic mass is 10.1. The third-order valence-electron chi connectivity index (χ3n) is 2.58. The van der Waals surface area contributed by atoms with E-state index in [1.165, 1.54) is 24.3 Å². The Balaban J connectivity index is 2.88. The van der Waals surface area contributed by atoms with Gasteiger partial charge in [-0.25, -0.2) is 4.79 Å². The molecule has 0 aromatic heterocycles. The largest absolute Gasteiger partial charge is 0.508 e. The molecule has 0 fully saturated rings. The molecule has 1 rings (SSSR count). The molecular formula is C14H16F3NO4. The second kappa shape index (κ2) is 7.15. The molecule has 0 heterocycles. The first-order valence-corrected chi connectivity index (χ1v) is 6.45. The molecular weight excluding hydrogens is 303 g/mol. The van der Waals surface area contributed by atoms with E-state index in [4.69, 9.17) is 9.84 Å². The minimum Gasteiger partial charge on any atom is -0.508 e. The highest BCUT2D eigenvalue weighted by Crippen LogP contribution is 2.16. The fourth-order valence-electron chi connectivity index (χ4n) is 1.62. The van der Waals surface area contributed by atoms with Crippen molar-refractivity contribution in [2.45, 2.75) is 38.6 Å². The maximum absolute atomic E-state index is 12.3. The Morgan fingerprint density at radius 1 is 1.23 bits per heavy atom. The molecule has 0 bridgehead atoms. The molecule has 0 radical (unpaired) electrons. The monoisotopic (exact) mass is 319 g/mol. The molecule has 0 aliphatic heterocycles. The molecule has 0 aliphatic carbocycles. The molecule has 0 saturated carbocycles. The van der Waals surface area contributed by atoms with Crippen LogP contribution in [0.1, 0.15) is 19.4 Å². The first kappa shape index (κ1) is 17.8. The van der Waals surface area contributed by atoms with Gasteiger partial charge in [0, 0.05) is 6.42 Å². The predicted octanol–water partition coefficient (Wildman–Crippen LogP) is 1.93. The van der Waals surface area contributed by atoms with Gasteiger partial charge in [0.25, 0.3) is 0 Å². The number of carbonyl (C=O) groups is 2. The summed E-state index contributed by atoms with van der Waals surface area (Å²) in [4.78, 5) is 22.9. The standard InChI is InChI=1S/C14H16F3NO4/c1-8(2)22-12(20)11(18-13(21)14(15,16)17)7-9-3-5-10(19)6-4-9/h3-6,8,11,19H,7H2,1-2H3,(H,18,21)/t11-/m0/s1. The highest BCUT2D eigenvalue weighted by atomic mass is 19.4. The van der Waals surface area contributed by atoms with Crippen molar-refractivity contribution >= 4 is 11.9 Å². The van der Waals surface area contributed by atoms with Crippen molar-refractivity contribution in [3.05, 3.63) is 29.8 Å². The number of aromatic hydroxyl groups is 1. The number of alkyl halides is 3. The Morgan fingerprint density at radius 3 is 2.23 bits per heavy atom. The summed E-state index contributed by atoms with van der Waals surface area (Å²) in [5.74, 6) is -3.19. The van der Waals surface area contributed by atoms with Crippen molar-refractivity contribution in [1.29, 1.82) is 0 Å². The summed E-state index contributed by atoms with van der Waals surface area (Å²) in [6, 6.07) is 4.05. The average molecular weight is 319 g/mol. The van der Waals surface area contributed by atoms with E-state index in [0.29, 0.717) is 5.56 Å². The molecule has 22 heavy (non-hydrogen) atoms. The molecule has 0 unspecified atom stereocenters. The van der Waals surface area contributed by atoms with E-state index in [1.807, 2.05) is 0 Å². The van der Waals surface area contributed by atoms with Crippen LogP contribution in [0.15, 0.2) is 24.3 Å². The lowest BCUT2D eigenvalue weighted by molar-refractivity contribution is -0.176. The van der Waals surface area contributed by atoms with Crippen molar-refractivity contribution < 1.29 is 32.6 Å². The zero-order valence-corrected chi connectivity index (χ0v) is 12.0. The number of nitrogens with one attached hydrogen (secondary N) is 1. The van der Waals surface area contributed by atoms with Gasteiger partial charge in [-0.05, 0) is 31.5 Å². The van der Waals surface area contributed by atoms with Gasteiger partial charge in [-0.15, -0.1) is 0 Å². The summed E-state index contributed by atoms with van der Waals surface area (Å²) in [6.07, 6.45) is -5.81. The number of phenols is 1. The number of benzene rings is 1. The molecule has 8 heteroatoms. The van der Waals surface area contributed by atoms with Gasteiger partial charge < -0.3 is 15.2 Å². The fourth-order valence-corrected chi connectivity index (χ4v) is 1.62. The number of hydrogen-bond donors (Lipinski definition) is 2. The van der Waals surface area contributed by atoms with Crippen LogP contribution in [0.4, 0.5) is 13.2 Å². The van der Waals surface area contributed by atoms with Gasteiger partial charge in [0.1, 0.15) is 11.8 Å². The summed E-state index contributed by atoms with van der Waals surface area (Å²) in [5, 5.41) is 10.8. The van der Waals surface area contributed by atoms with Crippen molar-refractivity contribution in [3.8, 4) is 5.75 Å². The second-order valence-electron chi connectivity index (χ2n) is 4.88. The number of ether oxygens (including phenoxy) is 1. The van der Waals surface area contributed by atoms with Crippen LogP contribution in [-0.4, -0.2) is 35.3 Å². The Kier molecular flexibility index (Phi) is 5.78. The van der Waals surface area contributed by atoms with Crippen LogP contribution in [0.3, 0.4) is 0 Å². The van der Waals surface area contributed by atoms with E-state index in [-0.39, 0.29) is 12.2 Å². The first-order valence-electron chi connectivity index (χ1n) is 6.45. The molecule has 1 aromatic carbocycles. The number of phenolic OH excluding ortho intramolecular Hbond substituents is 1. The lowest BCUT2D eigenvalue weighted by Crippen LogP contribution is -2.48. The van der Waals surface area contributed by atoms with Gasteiger partial charge in [0.2, 0.25) is 0 Å². The van der Waals surface area contributed by atoms with Crippen molar-refractivity contribution in [2.24, 2.45) is 0 Å². The summed E-state index contributed by atoms with van der Waals surface area (Å²) >= 11 is 0. The molecule has 0 aliphatic rings. The van der Waals surface area contributed by atoms with Gasteiger partial charge in [-0.1, -0.05) is 12.1 Å². The molecule has 122 valence electrons. The minimum absolute atomic E-state index is 0.0237. The van der Waals surface area contributed by atoms with E-state index in [9.17, 15) is 22.8 Å². The molecule has 1 aromatic rings. The highest BCUT2D eigenvalue weighted by Gasteiger charge is 2.41. The van der Waals surface area contributed by atoms with Crippen molar-refractivity contribution in [3.63, 3.8) is 0 Å². The molecule has 1 amide bonds. The molecule has 0 saturated heterocycles. The maximum atomic E-state index is 12.3. The van der Waals surface area contributed by atoms with Gasteiger partial charge in [-0.3, -0.25) is 4.79 Å². The van der Waals surface area contributed by atoms with Crippen LogP contribution in [0, 0.1) is 0 Å². The van der Waals surface area contributed by atoms with E-state index >= 15 is 0 Å². The number of rotatable bonds is 5. The van der Waals surface area contributed by atoms with Gasteiger partial charge in [0.15, 0.2) is 0 Å². The Bertz CT molecular complexity index is 526. The topological polar surface area (TPSA) is 75.6 Å². The third kappa shape index (κ3) is 5.63. The average Bonchev–Trinajstić information content (AvgIpc) is 2.38. The third-order valence-corrected chi connectivity index (χ3v) is 2.58. The number of esters is 1. The summed E-state index contributed by atoms with van der Waals surface area (Å²) in [5.41, 5.74) is 0.464. The lowest BCUT2D eigenvalue weighted by Gasteiger charge is -2.20. The normalized spacial score (nSPS) is 12.8. The van der Waals surface area contributed by atoms with Crippen LogP contribution in [0.2, 0.25) is 0 Å². The minimum atomic E-state index is -5.09. The second-order valence-corrected chi connectivity index (χ2v) is 4.88. The summed E-state index contributed by atoms with van der Waals surface area (Å²) in [7, 11) is 0. The van der Waals surface area contributed by atoms with E-state index in [1.54, 1.807) is 19.2 Å². The summed E-state index contributed by atoms with van der Waals surface area (Å²) < 4.78 is 41.8. The number of halogens is 3. The number of carbonyl (C=O) groups excluding carboxylic acids is 2. The van der Waals surface area contributed by atoms with Crippen LogP contribution >= 0.6 is 0 Å². The van der Waals surface area contributed by atoms with Gasteiger partial charge >= 0.3 is 18.1 Å². The Hall–Kier alpha value is -2.25. The highest BCUT2D eigenvalue weighted by molar-refractivity contribution is 5.87. The zero-order chi connectivity index (χ0) is 16.9. The molecule has 5 nitrogen and oxygen atoms in total. The predicted molar refractivity (Wildman–Crippen MR) is 71.0 cm³/mol. The molecule has 0 spiro atoms. The number of hydrogen-bond acceptors (Lipinski definition) is 4. The molecule has 2 N–H and O–H groups in total. The quantitative estimate of drug-likeness (QED) is 0.813.